The van der Waals surface area contributed by atoms with Crippen LogP contribution in [0.15, 0.2) is 29.4 Å². The van der Waals surface area contributed by atoms with E-state index in [2.05, 4.69) is 20.2 Å². The zero-order valence-corrected chi connectivity index (χ0v) is 12.8. The second kappa shape index (κ2) is 6.79. The first-order chi connectivity index (χ1) is 10.8. The lowest BCUT2D eigenvalue weighted by Gasteiger charge is -2.07. The molecule has 23 heavy (non-hydrogen) atoms. The number of carbonyl (C=O) groups is 1. The van der Waals surface area contributed by atoms with Gasteiger partial charge in [0.1, 0.15) is 17.2 Å². The molecular formula is C12H13F2N5O3S. The first-order valence-corrected chi connectivity index (χ1v) is 7.88. The van der Waals surface area contributed by atoms with Gasteiger partial charge in [0.2, 0.25) is 5.03 Å². The highest BCUT2D eigenvalue weighted by atomic mass is 32.2. The number of carbonyl (C=O) groups excluding carboxylic acids is 1. The topological polar surface area (TPSA) is 106 Å². The van der Waals surface area contributed by atoms with E-state index in [9.17, 15) is 22.0 Å². The number of sulfonamides is 1. The number of aromatic nitrogens is 3. The zero-order chi connectivity index (χ0) is 17.0. The summed E-state index contributed by atoms with van der Waals surface area (Å²) in [5, 5.41) is 9.22. The molecule has 0 fully saturated rings. The Bertz CT molecular complexity index is 802. The van der Waals surface area contributed by atoms with Gasteiger partial charge in [-0.05, 0) is 12.1 Å². The van der Waals surface area contributed by atoms with E-state index in [0.29, 0.717) is 0 Å². The number of benzene rings is 1. The van der Waals surface area contributed by atoms with Crippen molar-refractivity contribution in [2.45, 2.75) is 5.03 Å². The second-order valence-corrected chi connectivity index (χ2v) is 6.14. The average molecular weight is 345 g/mol. The summed E-state index contributed by atoms with van der Waals surface area (Å²) >= 11 is 0. The molecule has 0 spiro atoms. The van der Waals surface area contributed by atoms with Crippen molar-refractivity contribution < 1.29 is 22.0 Å². The predicted molar refractivity (Wildman–Crippen MR) is 74.9 cm³/mol. The van der Waals surface area contributed by atoms with Crippen LogP contribution in [0, 0.1) is 11.6 Å². The van der Waals surface area contributed by atoms with Gasteiger partial charge in [0.25, 0.3) is 15.9 Å². The van der Waals surface area contributed by atoms with E-state index >= 15 is 0 Å². The molecule has 8 nitrogen and oxygen atoms in total. The van der Waals surface area contributed by atoms with Crippen molar-refractivity contribution in [3.8, 4) is 0 Å². The third-order valence-corrected chi connectivity index (χ3v) is 4.07. The maximum Gasteiger partial charge on any atom is 0.261 e. The van der Waals surface area contributed by atoms with E-state index < -0.39 is 33.1 Å². The maximum absolute atomic E-state index is 13.4. The van der Waals surface area contributed by atoms with Crippen LogP contribution >= 0.6 is 0 Å². The highest BCUT2D eigenvalue weighted by Gasteiger charge is 2.19. The molecule has 0 aliphatic rings. The molecule has 2 aromatic rings. The fraction of sp³-hybridized carbons (Fsp3) is 0.250. The number of nitrogens with one attached hydrogen (secondary N) is 2. The number of halogens is 2. The molecule has 0 unspecified atom stereocenters. The van der Waals surface area contributed by atoms with Gasteiger partial charge in [0.05, 0.1) is 6.20 Å². The zero-order valence-electron chi connectivity index (χ0n) is 12.0. The largest absolute Gasteiger partial charge is 0.351 e. The van der Waals surface area contributed by atoms with Crippen LogP contribution in [0.1, 0.15) is 10.4 Å². The SMILES string of the molecule is Cn1ncc(S(=O)(=O)NCCNC(=O)c2c(F)cccc2F)n1. The Hall–Kier alpha value is -2.40. The summed E-state index contributed by atoms with van der Waals surface area (Å²) in [5.41, 5.74) is -0.718. The van der Waals surface area contributed by atoms with Crippen molar-refractivity contribution >= 4 is 15.9 Å². The molecule has 11 heteroatoms. The third kappa shape index (κ3) is 4.07. The van der Waals surface area contributed by atoms with Crippen molar-refractivity contribution in [3.63, 3.8) is 0 Å². The summed E-state index contributed by atoms with van der Waals surface area (Å²) in [6.07, 6.45) is 1.07. The number of nitrogens with zero attached hydrogens (tertiary/aromatic N) is 3. The molecule has 1 aromatic heterocycles. The van der Waals surface area contributed by atoms with Crippen LogP contribution < -0.4 is 10.0 Å². The minimum absolute atomic E-state index is 0.161. The fourth-order valence-electron chi connectivity index (χ4n) is 1.69. The lowest BCUT2D eigenvalue weighted by Crippen LogP contribution is -2.35. The van der Waals surface area contributed by atoms with E-state index in [1.807, 2.05) is 0 Å². The van der Waals surface area contributed by atoms with E-state index in [0.717, 1.165) is 29.2 Å². The first kappa shape index (κ1) is 17.0. The van der Waals surface area contributed by atoms with Crippen LogP contribution in [0.2, 0.25) is 0 Å². The van der Waals surface area contributed by atoms with Crippen LogP contribution in [0.3, 0.4) is 0 Å². The summed E-state index contributed by atoms with van der Waals surface area (Å²) in [5.74, 6) is -2.97. The van der Waals surface area contributed by atoms with Crippen LogP contribution in [-0.4, -0.2) is 42.4 Å². The van der Waals surface area contributed by atoms with Crippen LogP contribution in [0.4, 0.5) is 8.78 Å². The van der Waals surface area contributed by atoms with Gasteiger partial charge in [0, 0.05) is 20.1 Å². The van der Waals surface area contributed by atoms with Gasteiger partial charge in [-0.2, -0.15) is 9.90 Å². The first-order valence-electron chi connectivity index (χ1n) is 6.39. The van der Waals surface area contributed by atoms with E-state index in [-0.39, 0.29) is 18.1 Å². The fourth-order valence-corrected chi connectivity index (χ4v) is 2.62. The normalized spacial score (nSPS) is 11.4. The molecule has 0 saturated heterocycles. The summed E-state index contributed by atoms with van der Waals surface area (Å²) in [7, 11) is -2.40. The Balaban J connectivity index is 1.89. The standard InChI is InChI=1S/C12H13F2N5O3S/c1-19-16-7-10(18-19)23(21,22)17-6-5-15-12(20)11-8(13)3-2-4-9(11)14/h2-4,7,17H,5-6H2,1H3,(H,15,20). The van der Waals surface area contributed by atoms with Gasteiger partial charge in [-0.1, -0.05) is 6.07 Å². The van der Waals surface area contributed by atoms with Crippen LogP contribution in [-0.2, 0) is 17.1 Å². The van der Waals surface area contributed by atoms with E-state index in [1.54, 1.807) is 0 Å². The highest BCUT2D eigenvalue weighted by Crippen LogP contribution is 2.11. The smallest absolute Gasteiger partial charge is 0.261 e. The Morgan fingerprint density at radius 2 is 1.91 bits per heavy atom. The maximum atomic E-state index is 13.4. The number of hydrogen-bond donors (Lipinski definition) is 2. The Morgan fingerprint density at radius 1 is 1.26 bits per heavy atom. The molecule has 1 heterocycles. The summed E-state index contributed by atoms with van der Waals surface area (Å²) in [6.45, 7) is -0.340. The third-order valence-electron chi connectivity index (χ3n) is 2.75. The van der Waals surface area contributed by atoms with Gasteiger partial charge in [-0.25, -0.2) is 21.9 Å². The molecule has 0 saturated carbocycles. The van der Waals surface area contributed by atoms with Crippen molar-refractivity contribution in [2.75, 3.05) is 13.1 Å². The van der Waals surface area contributed by atoms with Gasteiger partial charge in [0.15, 0.2) is 0 Å². The van der Waals surface area contributed by atoms with Crippen molar-refractivity contribution in [2.24, 2.45) is 7.05 Å². The molecule has 2 N–H and O–H groups in total. The van der Waals surface area contributed by atoms with Gasteiger partial charge >= 0.3 is 0 Å². The Labute approximate surface area is 130 Å². The quantitative estimate of drug-likeness (QED) is 0.706. The summed E-state index contributed by atoms with van der Waals surface area (Å²) in [6, 6.07) is 3.04. The predicted octanol–water partition coefficient (Wildman–Crippen LogP) is -0.198. The Morgan fingerprint density at radius 3 is 2.48 bits per heavy atom. The molecule has 0 aliphatic carbocycles. The Kier molecular flexibility index (Phi) is 5.01. The molecule has 1 aromatic carbocycles. The lowest BCUT2D eigenvalue weighted by molar-refractivity contribution is 0.0946. The van der Waals surface area contributed by atoms with Crippen molar-refractivity contribution in [3.05, 3.63) is 41.6 Å². The van der Waals surface area contributed by atoms with Gasteiger partial charge < -0.3 is 5.32 Å². The van der Waals surface area contributed by atoms with Gasteiger partial charge in [-0.3, -0.25) is 4.79 Å². The summed E-state index contributed by atoms with van der Waals surface area (Å²) in [4.78, 5) is 12.8. The number of amides is 1. The van der Waals surface area contributed by atoms with E-state index in [1.165, 1.54) is 7.05 Å². The molecule has 2 rings (SSSR count). The molecule has 0 aliphatic heterocycles. The lowest BCUT2D eigenvalue weighted by atomic mass is 10.2. The van der Waals surface area contributed by atoms with Crippen molar-refractivity contribution in [1.29, 1.82) is 0 Å². The molecule has 0 atom stereocenters. The molecular weight excluding hydrogens is 332 g/mol. The second-order valence-electron chi connectivity index (χ2n) is 4.42. The number of aryl methyl sites for hydroxylation is 1. The number of hydrogen-bond acceptors (Lipinski definition) is 5. The average Bonchev–Trinajstić information content (AvgIpc) is 2.91. The minimum atomic E-state index is -3.86. The van der Waals surface area contributed by atoms with Crippen molar-refractivity contribution in [1.82, 2.24) is 25.0 Å². The minimum Gasteiger partial charge on any atom is -0.351 e. The number of rotatable bonds is 6. The van der Waals surface area contributed by atoms with Crippen LogP contribution in [0.25, 0.3) is 0 Å². The monoisotopic (exact) mass is 345 g/mol. The van der Waals surface area contributed by atoms with E-state index in [4.69, 9.17) is 0 Å². The molecule has 0 radical (unpaired) electrons. The molecule has 124 valence electrons. The summed E-state index contributed by atoms with van der Waals surface area (Å²) < 4.78 is 52.6. The molecule has 0 bridgehead atoms. The highest BCUT2D eigenvalue weighted by molar-refractivity contribution is 7.89. The van der Waals surface area contributed by atoms with Crippen LogP contribution in [0.5, 0.6) is 0 Å². The molecule has 1 amide bonds. The van der Waals surface area contributed by atoms with Gasteiger partial charge in [-0.15, -0.1) is 5.10 Å².